The van der Waals surface area contributed by atoms with E-state index in [4.69, 9.17) is 10.4 Å². The summed E-state index contributed by atoms with van der Waals surface area (Å²) in [4.78, 5) is 25.9. The normalized spacial score (nSPS) is 18.8. The molecule has 0 aromatic heterocycles. The van der Waals surface area contributed by atoms with Crippen LogP contribution in [0.4, 0.5) is 4.79 Å². The van der Waals surface area contributed by atoms with Gasteiger partial charge in [0.25, 0.3) is 0 Å². The van der Waals surface area contributed by atoms with Gasteiger partial charge < -0.3 is 14.9 Å². The smallest absolute Gasteiger partial charge is 0.327 e. The Morgan fingerprint density at radius 2 is 2.35 bits per heavy atom. The van der Waals surface area contributed by atoms with Crippen LogP contribution in [-0.2, 0) is 4.79 Å². The van der Waals surface area contributed by atoms with Crippen LogP contribution in [0.3, 0.4) is 0 Å². The molecule has 0 aromatic carbocycles. The second kappa shape index (κ2) is 6.35. The fraction of sp³-hybridized carbons (Fsp3) is 0.700. The number of thioether (sulfide) groups is 1. The average molecular weight is 257 g/mol. The van der Waals surface area contributed by atoms with E-state index in [2.05, 4.69) is 0 Å². The highest BCUT2D eigenvalue weighted by atomic mass is 32.2. The third kappa shape index (κ3) is 3.27. The quantitative estimate of drug-likeness (QED) is 0.805. The van der Waals surface area contributed by atoms with Gasteiger partial charge in [0.15, 0.2) is 0 Å². The Balaban J connectivity index is 2.67. The summed E-state index contributed by atoms with van der Waals surface area (Å²) < 4.78 is 0. The standard InChI is InChI=1S/C10H15N3O3S/c1-2-12(5-3-4-11)10(16)13-7-17-6-8(13)9(14)15/h8H,2-3,5-7H2,1H3,(H,14,15). The lowest BCUT2D eigenvalue weighted by atomic mass is 10.3. The van der Waals surface area contributed by atoms with E-state index in [0.29, 0.717) is 24.7 Å². The molecule has 1 heterocycles. The first kappa shape index (κ1) is 13.6. The van der Waals surface area contributed by atoms with Gasteiger partial charge in [-0.2, -0.15) is 5.26 Å². The lowest BCUT2D eigenvalue weighted by molar-refractivity contribution is -0.140. The molecule has 1 rings (SSSR count). The Bertz CT molecular complexity index is 342. The van der Waals surface area contributed by atoms with Crippen LogP contribution in [0.25, 0.3) is 0 Å². The van der Waals surface area contributed by atoms with Gasteiger partial charge in [-0.25, -0.2) is 9.59 Å². The zero-order valence-corrected chi connectivity index (χ0v) is 10.4. The van der Waals surface area contributed by atoms with Crippen molar-refractivity contribution >= 4 is 23.8 Å². The Labute approximate surface area is 104 Å². The number of carboxylic acid groups (broad SMARTS) is 1. The molecule has 0 saturated carbocycles. The molecule has 17 heavy (non-hydrogen) atoms. The number of amides is 2. The Hall–Kier alpha value is -1.42. The largest absolute Gasteiger partial charge is 0.480 e. The van der Waals surface area contributed by atoms with Crippen molar-refractivity contribution in [1.82, 2.24) is 9.80 Å². The molecule has 1 aliphatic heterocycles. The van der Waals surface area contributed by atoms with E-state index in [1.807, 2.05) is 13.0 Å². The number of aliphatic carboxylic acids is 1. The number of nitriles is 1. The Morgan fingerprint density at radius 1 is 1.65 bits per heavy atom. The molecular formula is C10H15N3O3S. The van der Waals surface area contributed by atoms with Crippen molar-refractivity contribution in [2.45, 2.75) is 19.4 Å². The van der Waals surface area contributed by atoms with Gasteiger partial charge in [-0.1, -0.05) is 0 Å². The molecule has 1 aliphatic rings. The topological polar surface area (TPSA) is 84.6 Å². The molecule has 7 heteroatoms. The number of urea groups is 1. The monoisotopic (exact) mass is 257 g/mol. The van der Waals surface area contributed by atoms with Crippen LogP contribution in [0.15, 0.2) is 0 Å². The number of hydrogen-bond acceptors (Lipinski definition) is 4. The number of hydrogen-bond donors (Lipinski definition) is 1. The lowest BCUT2D eigenvalue weighted by Gasteiger charge is -2.28. The fourth-order valence-corrected chi connectivity index (χ4v) is 2.73. The van der Waals surface area contributed by atoms with Crippen molar-refractivity contribution in [1.29, 1.82) is 5.26 Å². The zero-order valence-electron chi connectivity index (χ0n) is 9.63. The third-order valence-corrected chi connectivity index (χ3v) is 3.57. The highest BCUT2D eigenvalue weighted by molar-refractivity contribution is 7.99. The Morgan fingerprint density at radius 3 is 2.88 bits per heavy atom. The molecule has 1 atom stereocenters. The number of carbonyl (C=O) groups is 2. The van der Waals surface area contributed by atoms with Crippen molar-refractivity contribution in [3.63, 3.8) is 0 Å². The molecule has 1 saturated heterocycles. The summed E-state index contributed by atoms with van der Waals surface area (Å²) in [7, 11) is 0. The summed E-state index contributed by atoms with van der Waals surface area (Å²) in [6, 6.07) is 0.940. The van der Waals surface area contributed by atoms with E-state index in [-0.39, 0.29) is 12.5 Å². The first-order chi connectivity index (χ1) is 8.11. The van der Waals surface area contributed by atoms with Gasteiger partial charge in [-0.05, 0) is 6.92 Å². The van der Waals surface area contributed by atoms with Crippen molar-refractivity contribution in [3.05, 3.63) is 0 Å². The van der Waals surface area contributed by atoms with E-state index >= 15 is 0 Å². The van der Waals surface area contributed by atoms with Gasteiger partial charge in [0.2, 0.25) is 0 Å². The number of nitrogens with zero attached hydrogens (tertiary/aromatic N) is 3. The Kier molecular flexibility index (Phi) is 5.10. The summed E-state index contributed by atoms with van der Waals surface area (Å²) in [6.07, 6.45) is 0.262. The predicted octanol–water partition coefficient (Wildman–Crippen LogP) is 0.801. The molecule has 94 valence electrons. The molecule has 2 amide bonds. The summed E-state index contributed by atoms with van der Waals surface area (Å²) in [6.45, 7) is 2.64. The maximum absolute atomic E-state index is 12.1. The van der Waals surface area contributed by atoms with Gasteiger partial charge in [0.1, 0.15) is 6.04 Å². The summed E-state index contributed by atoms with van der Waals surface area (Å²) in [5, 5.41) is 17.5. The van der Waals surface area contributed by atoms with Gasteiger partial charge in [-0.15, -0.1) is 11.8 Å². The van der Waals surface area contributed by atoms with Crippen LogP contribution < -0.4 is 0 Å². The second-order valence-electron chi connectivity index (χ2n) is 3.59. The van der Waals surface area contributed by atoms with E-state index < -0.39 is 12.0 Å². The van der Waals surface area contributed by atoms with Crippen LogP contribution in [0.5, 0.6) is 0 Å². The highest BCUT2D eigenvalue weighted by Gasteiger charge is 2.36. The van der Waals surface area contributed by atoms with Crippen molar-refractivity contribution in [2.75, 3.05) is 24.7 Å². The highest BCUT2D eigenvalue weighted by Crippen LogP contribution is 2.22. The second-order valence-corrected chi connectivity index (χ2v) is 4.59. The third-order valence-electron chi connectivity index (χ3n) is 2.56. The minimum absolute atomic E-state index is 0.262. The first-order valence-corrected chi connectivity index (χ1v) is 6.50. The van der Waals surface area contributed by atoms with Gasteiger partial charge >= 0.3 is 12.0 Å². The minimum atomic E-state index is -0.973. The van der Waals surface area contributed by atoms with E-state index in [9.17, 15) is 9.59 Å². The fourth-order valence-electron chi connectivity index (χ4n) is 1.59. The lowest BCUT2D eigenvalue weighted by Crippen LogP contribution is -2.48. The van der Waals surface area contributed by atoms with E-state index in [1.165, 1.54) is 21.6 Å². The molecular weight excluding hydrogens is 242 g/mol. The summed E-state index contributed by atoms with van der Waals surface area (Å²) in [5.74, 6) is -0.143. The maximum atomic E-state index is 12.1. The van der Waals surface area contributed by atoms with Gasteiger partial charge in [-0.3, -0.25) is 0 Å². The van der Waals surface area contributed by atoms with E-state index in [1.54, 1.807) is 0 Å². The van der Waals surface area contributed by atoms with Crippen LogP contribution in [-0.4, -0.2) is 57.7 Å². The van der Waals surface area contributed by atoms with Gasteiger partial charge in [0.05, 0.1) is 18.4 Å². The number of carboxylic acids is 1. The van der Waals surface area contributed by atoms with Crippen LogP contribution in [0.1, 0.15) is 13.3 Å². The molecule has 0 aliphatic carbocycles. The molecule has 1 N–H and O–H groups in total. The predicted molar refractivity (Wildman–Crippen MR) is 63.5 cm³/mol. The van der Waals surface area contributed by atoms with Crippen molar-refractivity contribution < 1.29 is 14.7 Å². The van der Waals surface area contributed by atoms with Crippen LogP contribution in [0.2, 0.25) is 0 Å². The van der Waals surface area contributed by atoms with Crippen molar-refractivity contribution in [3.8, 4) is 6.07 Å². The van der Waals surface area contributed by atoms with Gasteiger partial charge in [0, 0.05) is 18.8 Å². The zero-order chi connectivity index (χ0) is 12.8. The summed E-state index contributed by atoms with van der Waals surface area (Å²) >= 11 is 1.43. The summed E-state index contributed by atoms with van der Waals surface area (Å²) in [5.41, 5.74) is 0. The van der Waals surface area contributed by atoms with Crippen molar-refractivity contribution in [2.24, 2.45) is 0 Å². The molecule has 0 radical (unpaired) electrons. The molecule has 1 fully saturated rings. The number of carbonyl (C=O) groups excluding carboxylic acids is 1. The number of rotatable bonds is 4. The first-order valence-electron chi connectivity index (χ1n) is 5.34. The van der Waals surface area contributed by atoms with E-state index in [0.717, 1.165) is 0 Å². The molecule has 1 unspecified atom stereocenters. The molecule has 0 aromatic rings. The average Bonchev–Trinajstić information content (AvgIpc) is 2.78. The van der Waals surface area contributed by atoms with Crippen LogP contribution >= 0.6 is 11.8 Å². The minimum Gasteiger partial charge on any atom is -0.480 e. The molecule has 6 nitrogen and oxygen atoms in total. The van der Waals surface area contributed by atoms with Crippen LogP contribution in [0, 0.1) is 11.3 Å². The molecule has 0 bridgehead atoms. The SMILES string of the molecule is CCN(CCC#N)C(=O)N1CSCC1C(=O)O. The molecule has 0 spiro atoms. The maximum Gasteiger partial charge on any atom is 0.327 e.